The van der Waals surface area contributed by atoms with Crippen molar-refractivity contribution in [3.63, 3.8) is 0 Å². The highest BCUT2D eigenvalue weighted by Crippen LogP contribution is 2.17. The van der Waals surface area contributed by atoms with E-state index in [1.165, 1.54) is 11.1 Å². The molecule has 1 aromatic carbocycles. The lowest BCUT2D eigenvalue weighted by Crippen LogP contribution is -1.91. The highest BCUT2D eigenvalue weighted by molar-refractivity contribution is 9.09. The van der Waals surface area contributed by atoms with Crippen molar-refractivity contribution < 1.29 is 0 Å². The van der Waals surface area contributed by atoms with Gasteiger partial charge in [0.2, 0.25) is 0 Å². The maximum atomic E-state index is 3.37. The molecule has 0 amide bonds. The minimum Gasteiger partial charge on any atom is -0.0970 e. The Hall–Kier alpha value is -0.740. The second kappa shape index (κ2) is 5.88. The predicted octanol–water partition coefficient (Wildman–Crippen LogP) is 3.95. The van der Waals surface area contributed by atoms with Gasteiger partial charge in [0.25, 0.3) is 0 Å². The van der Waals surface area contributed by atoms with Crippen molar-refractivity contribution in [3.8, 4) is 11.8 Å². The number of hydrogen-bond donors (Lipinski definition) is 0. The van der Waals surface area contributed by atoms with E-state index in [0.29, 0.717) is 5.92 Å². The van der Waals surface area contributed by atoms with Crippen LogP contribution in [0.25, 0.3) is 0 Å². The highest BCUT2D eigenvalue weighted by Gasteiger charge is 2.02. The van der Waals surface area contributed by atoms with Gasteiger partial charge in [-0.15, -0.1) is 0 Å². The van der Waals surface area contributed by atoms with Gasteiger partial charge in [0, 0.05) is 17.3 Å². The van der Waals surface area contributed by atoms with Crippen molar-refractivity contribution in [3.05, 3.63) is 35.4 Å². The molecule has 0 atom stereocenters. The first-order valence-corrected chi connectivity index (χ1v) is 6.01. The summed E-state index contributed by atoms with van der Waals surface area (Å²) >= 11 is 3.37. The summed E-state index contributed by atoms with van der Waals surface area (Å²) in [7, 11) is 0. The van der Waals surface area contributed by atoms with Gasteiger partial charge in [0.05, 0.1) is 0 Å². The minimum atomic E-state index is 0.546. The van der Waals surface area contributed by atoms with E-state index in [4.69, 9.17) is 0 Å². The molecule has 0 aliphatic rings. The van der Waals surface area contributed by atoms with Crippen LogP contribution in [0.2, 0.25) is 0 Å². The average Bonchev–Trinajstić information content (AvgIpc) is 2.19. The second-order valence-corrected chi connectivity index (χ2v) is 4.28. The standard InChI is InChI=1S/C13H15Br/c1-11(2)13-9-4-3-7-12(13)8-5-6-10-14/h3-4,7,9,11H,6,10H2,1-2H3. The summed E-state index contributed by atoms with van der Waals surface area (Å²) in [5, 5.41) is 0.948. The maximum Gasteiger partial charge on any atom is 0.0279 e. The molecule has 0 spiro atoms. The predicted molar refractivity (Wildman–Crippen MR) is 65.8 cm³/mol. The van der Waals surface area contributed by atoms with E-state index in [-0.39, 0.29) is 0 Å². The Bertz CT molecular complexity index is 342. The molecule has 0 saturated carbocycles. The molecular formula is C13H15Br. The van der Waals surface area contributed by atoms with Crippen LogP contribution in [0.5, 0.6) is 0 Å². The molecule has 1 rings (SSSR count). The number of hydrogen-bond acceptors (Lipinski definition) is 0. The summed E-state index contributed by atoms with van der Waals surface area (Å²) in [5.74, 6) is 6.91. The molecule has 1 aromatic rings. The monoisotopic (exact) mass is 250 g/mol. The molecule has 14 heavy (non-hydrogen) atoms. The third-order valence-electron chi connectivity index (χ3n) is 2.03. The first-order valence-electron chi connectivity index (χ1n) is 4.89. The average molecular weight is 251 g/mol. The quantitative estimate of drug-likeness (QED) is 0.551. The van der Waals surface area contributed by atoms with Gasteiger partial charge in [-0.3, -0.25) is 0 Å². The summed E-state index contributed by atoms with van der Waals surface area (Å²) in [6.07, 6.45) is 0.909. The fourth-order valence-electron chi connectivity index (χ4n) is 1.32. The van der Waals surface area contributed by atoms with Gasteiger partial charge in [-0.05, 0) is 17.5 Å². The molecule has 0 unspecified atom stereocenters. The van der Waals surface area contributed by atoms with Gasteiger partial charge in [-0.1, -0.05) is 59.8 Å². The fraction of sp³-hybridized carbons (Fsp3) is 0.385. The molecule has 0 fully saturated rings. The van der Waals surface area contributed by atoms with Crippen LogP contribution in [0.4, 0.5) is 0 Å². The van der Waals surface area contributed by atoms with Gasteiger partial charge in [0.1, 0.15) is 0 Å². The molecular weight excluding hydrogens is 236 g/mol. The maximum absolute atomic E-state index is 3.37. The highest BCUT2D eigenvalue weighted by atomic mass is 79.9. The summed E-state index contributed by atoms with van der Waals surface area (Å²) in [6, 6.07) is 8.37. The van der Waals surface area contributed by atoms with E-state index in [9.17, 15) is 0 Å². The lowest BCUT2D eigenvalue weighted by Gasteiger charge is -2.07. The lowest BCUT2D eigenvalue weighted by atomic mass is 9.97. The van der Waals surface area contributed by atoms with Crippen LogP contribution < -0.4 is 0 Å². The van der Waals surface area contributed by atoms with Crippen molar-refractivity contribution in [1.82, 2.24) is 0 Å². The van der Waals surface area contributed by atoms with E-state index < -0.39 is 0 Å². The number of benzene rings is 1. The summed E-state index contributed by atoms with van der Waals surface area (Å²) in [6.45, 7) is 4.40. The van der Waals surface area contributed by atoms with Crippen LogP contribution in [-0.4, -0.2) is 5.33 Å². The van der Waals surface area contributed by atoms with Crippen LogP contribution in [0.15, 0.2) is 24.3 Å². The Morgan fingerprint density at radius 2 is 2.00 bits per heavy atom. The Morgan fingerprint density at radius 1 is 1.29 bits per heavy atom. The van der Waals surface area contributed by atoms with Crippen molar-refractivity contribution in [1.29, 1.82) is 0 Å². The zero-order chi connectivity index (χ0) is 10.4. The Balaban J connectivity index is 2.92. The lowest BCUT2D eigenvalue weighted by molar-refractivity contribution is 0.863. The molecule has 74 valence electrons. The van der Waals surface area contributed by atoms with E-state index in [1.807, 2.05) is 6.07 Å². The molecule has 0 radical (unpaired) electrons. The summed E-state index contributed by atoms with van der Waals surface area (Å²) in [5.41, 5.74) is 2.51. The third kappa shape index (κ3) is 3.20. The van der Waals surface area contributed by atoms with E-state index >= 15 is 0 Å². The Kier molecular flexibility index (Phi) is 4.76. The zero-order valence-electron chi connectivity index (χ0n) is 8.68. The molecule has 0 aliphatic heterocycles. The van der Waals surface area contributed by atoms with Crippen molar-refractivity contribution >= 4 is 15.9 Å². The number of alkyl halides is 1. The first kappa shape index (κ1) is 11.3. The van der Waals surface area contributed by atoms with Crippen molar-refractivity contribution in [2.24, 2.45) is 0 Å². The number of halogens is 1. The first-order chi connectivity index (χ1) is 6.75. The molecule has 0 saturated heterocycles. The molecule has 0 N–H and O–H groups in total. The SMILES string of the molecule is CC(C)c1ccccc1C#CCCBr. The zero-order valence-corrected chi connectivity index (χ0v) is 10.3. The molecule has 0 heterocycles. The third-order valence-corrected chi connectivity index (χ3v) is 2.42. The Labute approximate surface area is 94.9 Å². The second-order valence-electron chi connectivity index (χ2n) is 3.48. The topological polar surface area (TPSA) is 0 Å². The van der Waals surface area contributed by atoms with Gasteiger partial charge < -0.3 is 0 Å². The molecule has 0 nitrogen and oxygen atoms in total. The molecule has 0 aliphatic carbocycles. The van der Waals surface area contributed by atoms with Gasteiger partial charge >= 0.3 is 0 Å². The summed E-state index contributed by atoms with van der Waals surface area (Å²) < 4.78 is 0. The molecule has 1 heteroatoms. The molecule has 0 bridgehead atoms. The van der Waals surface area contributed by atoms with Crippen LogP contribution in [0.1, 0.15) is 37.3 Å². The van der Waals surface area contributed by atoms with Crippen LogP contribution >= 0.6 is 15.9 Å². The fourth-order valence-corrected chi connectivity index (χ4v) is 1.52. The van der Waals surface area contributed by atoms with Gasteiger partial charge in [-0.25, -0.2) is 0 Å². The van der Waals surface area contributed by atoms with E-state index in [2.05, 4.69) is 59.8 Å². The summed E-state index contributed by atoms with van der Waals surface area (Å²) in [4.78, 5) is 0. The molecule has 0 aromatic heterocycles. The van der Waals surface area contributed by atoms with Crippen LogP contribution in [0, 0.1) is 11.8 Å². The van der Waals surface area contributed by atoms with Gasteiger partial charge in [0.15, 0.2) is 0 Å². The van der Waals surface area contributed by atoms with Crippen LogP contribution in [-0.2, 0) is 0 Å². The largest absolute Gasteiger partial charge is 0.0970 e. The number of rotatable bonds is 2. The normalized spacial score (nSPS) is 9.71. The van der Waals surface area contributed by atoms with Gasteiger partial charge in [-0.2, -0.15) is 0 Å². The van der Waals surface area contributed by atoms with E-state index in [0.717, 1.165) is 11.8 Å². The minimum absolute atomic E-state index is 0.546. The van der Waals surface area contributed by atoms with Crippen molar-refractivity contribution in [2.45, 2.75) is 26.2 Å². The van der Waals surface area contributed by atoms with Crippen molar-refractivity contribution in [2.75, 3.05) is 5.33 Å². The smallest absolute Gasteiger partial charge is 0.0279 e. The Morgan fingerprint density at radius 3 is 2.64 bits per heavy atom. The van der Waals surface area contributed by atoms with Crippen LogP contribution in [0.3, 0.4) is 0 Å². The van der Waals surface area contributed by atoms with E-state index in [1.54, 1.807) is 0 Å².